The minimum absolute atomic E-state index is 0.0179. The Bertz CT molecular complexity index is 340. The van der Waals surface area contributed by atoms with Crippen molar-refractivity contribution < 1.29 is 19.5 Å². The Balaban J connectivity index is 4.02. The number of carbonyl (C=O) groups is 3. The van der Waals surface area contributed by atoms with E-state index in [9.17, 15) is 14.4 Å². The molecule has 0 saturated carbocycles. The topological polar surface area (TPSA) is 108 Å². The van der Waals surface area contributed by atoms with Crippen molar-refractivity contribution in [2.24, 2.45) is 0 Å². The lowest BCUT2D eigenvalue weighted by molar-refractivity contribution is -0.137. The maximum Gasteiger partial charge on any atom is 0.315 e. The van der Waals surface area contributed by atoms with Crippen LogP contribution in [0.3, 0.4) is 0 Å². The quantitative estimate of drug-likeness (QED) is 0.540. The van der Waals surface area contributed by atoms with Gasteiger partial charge in [0.1, 0.15) is 0 Å². The van der Waals surface area contributed by atoms with E-state index in [4.69, 9.17) is 5.11 Å². The Kier molecular flexibility index (Phi) is 6.89. The summed E-state index contributed by atoms with van der Waals surface area (Å²) in [5.41, 5.74) is -0.642. The molecule has 0 aromatic carbocycles. The van der Waals surface area contributed by atoms with Crippen LogP contribution in [0, 0.1) is 0 Å². The van der Waals surface area contributed by atoms with E-state index in [-0.39, 0.29) is 24.9 Å². The molecule has 0 aliphatic carbocycles. The van der Waals surface area contributed by atoms with Crippen LogP contribution in [0.4, 0.5) is 4.79 Å². The van der Waals surface area contributed by atoms with E-state index in [2.05, 4.69) is 16.0 Å². The Morgan fingerprint density at radius 1 is 1.21 bits per heavy atom. The summed E-state index contributed by atoms with van der Waals surface area (Å²) < 4.78 is 0. The Hall–Kier alpha value is -1.79. The lowest BCUT2D eigenvalue weighted by Crippen LogP contribution is -2.50. The number of aliphatic carboxylic acids is 1. The van der Waals surface area contributed by atoms with E-state index in [1.165, 1.54) is 0 Å². The zero-order chi connectivity index (χ0) is 15.1. The fourth-order valence-electron chi connectivity index (χ4n) is 1.37. The normalized spacial score (nSPS) is 11.0. The maximum absolute atomic E-state index is 11.5. The van der Waals surface area contributed by atoms with Gasteiger partial charge >= 0.3 is 12.0 Å². The van der Waals surface area contributed by atoms with Crippen LogP contribution in [0.25, 0.3) is 0 Å². The molecule has 0 aromatic heterocycles. The largest absolute Gasteiger partial charge is 0.481 e. The molecule has 0 aliphatic rings. The van der Waals surface area contributed by atoms with Crippen molar-refractivity contribution in [3.05, 3.63) is 0 Å². The predicted octanol–water partition coefficient (Wildman–Crippen LogP) is 0.454. The van der Waals surface area contributed by atoms with Gasteiger partial charge < -0.3 is 21.1 Å². The standard InChI is InChI=1S/C12H23N3O4/c1-8(2)14-9(16)7-13-11(19)15-12(3,4)6-5-10(17)18/h8H,5-7H2,1-4H3,(H,14,16)(H,17,18)(H2,13,15,19). The first-order valence-electron chi connectivity index (χ1n) is 6.19. The molecule has 0 aromatic rings. The molecule has 110 valence electrons. The fraction of sp³-hybridized carbons (Fsp3) is 0.750. The number of amides is 3. The van der Waals surface area contributed by atoms with Gasteiger partial charge in [0.05, 0.1) is 6.54 Å². The number of nitrogens with one attached hydrogen (secondary N) is 3. The summed E-state index contributed by atoms with van der Waals surface area (Å²) in [6.07, 6.45) is 0.287. The number of urea groups is 1. The lowest BCUT2D eigenvalue weighted by Gasteiger charge is -2.25. The highest BCUT2D eigenvalue weighted by Gasteiger charge is 2.21. The zero-order valence-corrected chi connectivity index (χ0v) is 11.9. The number of hydrogen-bond acceptors (Lipinski definition) is 3. The van der Waals surface area contributed by atoms with E-state index < -0.39 is 17.5 Å². The van der Waals surface area contributed by atoms with E-state index in [0.29, 0.717) is 6.42 Å². The van der Waals surface area contributed by atoms with Gasteiger partial charge in [-0.2, -0.15) is 0 Å². The van der Waals surface area contributed by atoms with E-state index >= 15 is 0 Å². The molecule has 4 N–H and O–H groups in total. The highest BCUT2D eigenvalue weighted by atomic mass is 16.4. The SMILES string of the molecule is CC(C)NC(=O)CNC(=O)NC(C)(C)CCC(=O)O. The van der Waals surface area contributed by atoms with Crippen molar-refractivity contribution in [2.45, 2.75) is 52.1 Å². The third kappa shape index (κ3) is 9.87. The minimum atomic E-state index is -0.911. The van der Waals surface area contributed by atoms with Gasteiger partial charge in [-0.05, 0) is 34.1 Å². The molecule has 0 radical (unpaired) electrons. The summed E-state index contributed by atoms with van der Waals surface area (Å²) in [4.78, 5) is 33.3. The third-order valence-electron chi connectivity index (χ3n) is 2.27. The lowest BCUT2D eigenvalue weighted by atomic mass is 9.99. The van der Waals surface area contributed by atoms with Crippen molar-refractivity contribution in [1.82, 2.24) is 16.0 Å². The maximum atomic E-state index is 11.5. The number of carbonyl (C=O) groups excluding carboxylic acids is 2. The summed E-state index contributed by atoms with van der Waals surface area (Å²) in [6, 6.07) is -0.473. The van der Waals surface area contributed by atoms with Gasteiger partial charge in [0.2, 0.25) is 5.91 Å². The van der Waals surface area contributed by atoms with Gasteiger partial charge in [0.15, 0.2) is 0 Å². The van der Waals surface area contributed by atoms with Crippen LogP contribution < -0.4 is 16.0 Å². The van der Waals surface area contributed by atoms with Gasteiger partial charge in [0, 0.05) is 18.0 Å². The number of rotatable bonds is 7. The summed E-state index contributed by atoms with van der Waals surface area (Å²) in [5, 5.41) is 16.3. The predicted molar refractivity (Wildman–Crippen MR) is 70.8 cm³/mol. The molecule has 7 nitrogen and oxygen atoms in total. The summed E-state index contributed by atoms with van der Waals surface area (Å²) in [6.45, 7) is 6.99. The van der Waals surface area contributed by atoms with Crippen LogP contribution >= 0.6 is 0 Å². The summed E-state index contributed by atoms with van der Waals surface area (Å²) in [5.74, 6) is -1.18. The molecule has 0 spiro atoms. The van der Waals surface area contributed by atoms with Crippen LogP contribution in [0.5, 0.6) is 0 Å². The van der Waals surface area contributed by atoms with Crippen LogP contribution in [-0.2, 0) is 9.59 Å². The molecule has 3 amide bonds. The van der Waals surface area contributed by atoms with Crippen molar-refractivity contribution in [3.63, 3.8) is 0 Å². The second kappa shape index (κ2) is 7.60. The molecule has 0 aliphatic heterocycles. The van der Waals surface area contributed by atoms with E-state index in [0.717, 1.165) is 0 Å². The third-order valence-corrected chi connectivity index (χ3v) is 2.27. The van der Waals surface area contributed by atoms with Crippen molar-refractivity contribution in [2.75, 3.05) is 6.54 Å². The smallest absolute Gasteiger partial charge is 0.315 e. The molecule has 19 heavy (non-hydrogen) atoms. The van der Waals surface area contributed by atoms with Crippen LogP contribution in [0.15, 0.2) is 0 Å². The van der Waals surface area contributed by atoms with E-state index in [1.54, 1.807) is 13.8 Å². The Morgan fingerprint density at radius 3 is 2.26 bits per heavy atom. The van der Waals surface area contributed by atoms with Gasteiger partial charge in [-0.1, -0.05) is 0 Å². The molecule has 7 heteroatoms. The second-order valence-electron chi connectivity index (χ2n) is 5.31. The summed E-state index contributed by atoms with van der Waals surface area (Å²) >= 11 is 0. The first kappa shape index (κ1) is 17.2. The average molecular weight is 273 g/mol. The van der Waals surface area contributed by atoms with Gasteiger partial charge in [-0.25, -0.2) is 4.79 Å². The van der Waals surface area contributed by atoms with Crippen molar-refractivity contribution in [3.8, 4) is 0 Å². The molecule has 0 bridgehead atoms. The van der Waals surface area contributed by atoms with Crippen LogP contribution in [-0.4, -0.2) is 41.1 Å². The first-order valence-corrected chi connectivity index (χ1v) is 6.19. The molecular weight excluding hydrogens is 250 g/mol. The van der Waals surface area contributed by atoms with E-state index in [1.807, 2.05) is 13.8 Å². The molecule has 0 fully saturated rings. The van der Waals surface area contributed by atoms with Crippen LogP contribution in [0.2, 0.25) is 0 Å². The number of hydrogen-bond donors (Lipinski definition) is 4. The summed E-state index contributed by atoms with van der Waals surface area (Å²) in [7, 11) is 0. The monoisotopic (exact) mass is 273 g/mol. The van der Waals surface area contributed by atoms with Gasteiger partial charge in [-0.3, -0.25) is 9.59 Å². The molecule has 0 saturated heterocycles. The highest BCUT2D eigenvalue weighted by molar-refractivity contribution is 5.84. The number of carboxylic acids is 1. The fourth-order valence-corrected chi connectivity index (χ4v) is 1.37. The minimum Gasteiger partial charge on any atom is -0.481 e. The van der Waals surface area contributed by atoms with Crippen molar-refractivity contribution >= 4 is 17.9 Å². The second-order valence-corrected chi connectivity index (χ2v) is 5.31. The molecule has 0 rings (SSSR count). The Labute approximate surface area is 113 Å². The molecule has 0 heterocycles. The van der Waals surface area contributed by atoms with Crippen molar-refractivity contribution in [1.29, 1.82) is 0 Å². The zero-order valence-electron chi connectivity index (χ0n) is 11.9. The Morgan fingerprint density at radius 2 is 1.79 bits per heavy atom. The first-order chi connectivity index (χ1) is 8.62. The van der Waals surface area contributed by atoms with Gasteiger partial charge in [-0.15, -0.1) is 0 Å². The number of carboxylic acid groups (broad SMARTS) is 1. The van der Waals surface area contributed by atoms with Gasteiger partial charge in [0.25, 0.3) is 0 Å². The molecule has 0 atom stereocenters. The average Bonchev–Trinajstić information content (AvgIpc) is 2.22. The molecular formula is C12H23N3O4. The highest BCUT2D eigenvalue weighted by Crippen LogP contribution is 2.10. The van der Waals surface area contributed by atoms with Crippen LogP contribution in [0.1, 0.15) is 40.5 Å². The molecule has 0 unspecified atom stereocenters.